The number of hydrogen-bond acceptors (Lipinski definition) is 2. The third kappa shape index (κ3) is 2.66. The van der Waals surface area contributed by atoms with Gasteiger partial charge in [0.05, 0.1) is 6.42 Å². The standard InChI is InChI=1S/C16H22N2O/c1-2-17-15(8-11-4-3-5-11)12-6-7-14-13(9-12)10-16(19)18-14/h6-7,9,11,15,17H,2-5,8,10H2,1H3,(H,18,19). The minimum Gasteiger partial charge on any atom is -0.326 e. The van der Waals surface area contributed by atoms with Crippen LogP contribution in [-0.2, 0) is 11.2 Å². The van der Waals surface area contributed by atoms with Crippen molar-refractivity contribution in [1.29, 1.82) is 0 Å². The Bertz CT molecular complexity index is 480. The van der Waals surface area contributed by atoms with E-state index in [-0.39, 0.29) is 5.91 Å². The van der Waals surface area contributed by atoms with Gasteiger partial charge in [0.15, 0.2) is 0 Å². The third-order valence-corrected chi connectivity index (χ3v) is 4.40. The van der Waals surface area contributed by atoms with E-state index in [0.717, 1.165) is 23.7 Å². The molecular weight excluding hydrogens is 236 g/mol. The molecule has 1 aromatic rings. The number of benzene rings is 1. The number of fused-ring (bicyclic) bond motifs is 1. The number of carbonyl (C=O) groups excluding carboxylic acids is 1. The highest BCUT2D eigenvalue weighted by Crippen LogP contribution is 2.36. The maximum absolute atomic E-state index is 11.4. The van der Waals surface area contributed by atoms with Crippen LogP contribution in [0.3, 0.4) is 0 Å². The lowest BCUT2D eigenvalue weighted by Crippen LogP contribution is -2.26. The summed E-state index contributed by atoms with van der Waals surface area (Å²) in [6.45, 7) is 3.15. The Morgan fingerprint density at radius 3 is 2.95 bits per heavy atom. The first kappa shape index (κ1) is 12.7. The van der Waals surface area contributed by atoms with E-state index in [4.69, 9.17) is 0 Å². The lowest BCUT2D eigenvalue weighted by molar-refractivity contribution is -0.115. The van der Waals surface area contributed by atoms with Crippen LogP contribution in [0.15, 0.2) is 18.2 Å². The van der Waals surface area contributed by atoms with Crippen LogP contribution in [0, 0.1) is 5.92 Å². The van der Waals surface area contributed by atoms with Gasteiger partial charge in [-0.1, -0.05) is 38.3 Å². The summed E-state index contributed by atoms with van der Waals surface area (Å²) in [7, 11) is 0. The molecule has 0 saturated heterocycles. The molecule has 1 aliphatic carbocycles. The molecule has 1 aliphatic heterocycles. The SMILES string of the molecule is CCNC(CC1CCC1)c1ccc2c(c1)CC(=O)N2. The Morgan fingerprint density at radius 2 is 2.26 bits per heavy atom. The van der Waals surface area contributed by atoms with Crippen molar-refractivity contribution < 1.29 is 4.79 Å². The summed E-state index contributed by atoms with van der Waals surface area (Å²) >= 11 is 0. The summed E-state index contributed by atoms with van der Waals surface area (Å²) in [5.74, 6) is 1.00. The van der Waals surface area contributed by atoms with Crippen LogP contribution < -0.4 is 10.6 Å². The van der Waals surface area contributed by atoms with Crippen molar-refractivity contribution in [3.05, 3.63) is 29.3 Å². The molecule has 0 bridgehead atoms. The minimum atomic E-state index is 0.117. The molecule has 1 fully saturated rings. The van der Waals surface area contributed by atoms with Gasteiger partial charge in [0.25, 0.3) is 0 Å². The zero-order valence-corrected chi connectivity index (χ0v) is 11.5. The topological polar surface area (TPSA) is 41.1 Å². The quantitative estimate of drug-likeness (QED) is 0.852. The molecule has 3 heteroatoms. The van der Waals surface area contributed by atoms with E-state index >= 15 is 0 Å². The van der Waals surface area contributed by atoms with Crippen LogP contribution in [0.5, 0.6) is 0 Å². The molecule has 1 unspecified atom stereocenters. The van der Waals surface area contributed by atoms with Gasteiger partial charge in [0.1, 0.15) is 0 Å². The second kappa shape index (κ2) is 5.33. The van der Waals surface area contributed by atoms with Gasteiger partial charge >= 0.3 is 0 Å². The molecule has 1 heterocycles. The van der Waals surface area contributed by atoms with Crippen LogP contribution in [0.25, 0.3) is 0 Å². The third-order valence-electron chi connectivity index (χ3n) is 4.40. The number of carbonyl (C=O) groups is 1. The number of amides is 1. The maximum atomic E-state index is 11.4. The normalized spacial score (nSPS) is 19.7. The van der Waals surface area contributed by atoms with E-state index in [1.807, 2.05) is 0 Å². The van der Waals surface area contributed by atoms with Crippen LogP contribution in [0.2, 0.25) is 0 Å². The second-order valence-electron chi connectivity index (χ2n) is 5.78. The Labute approximate surface area is 114 Å². The summed E-state index contributed by atoms with van der Waals surface area (Å²) in [5.41, 5.74) is 3.48. The van der Waals surface area contributed by atoms with Gasteiger partial charge in [-0.15, -0.1) is 0 Å². The minimum absolute atomic E-state index is 0.117. The Balaban J connectivity index is 1.77. The van der Waals surface area contributed by atoms with Gasteiger partial charge in [-0.05, 0) is 36.1 Å². The van der Waals surface area contributed by atoms with E-state index in [0.29, 0.717) is 12.5 Å². The maximum Gasteiger partial charge on any atom is 0.228 e. The average Bonchev–Trinajstić information content (AvgIpc) is 2.71. The molecular formula is C16H22N2O. The van der Waals surface area contributed by atoms with E-state index in [9.17, 15) is 4.79 Å². The van der Waals surface area contributed by atoms with E-state index in [1.165, 1.54) is 31.2 Å². The summed E-state index contributed by atoms with van der Waals surface area (Å²) < 4.78 is 0. The average molecular weight is 258 g/mol. The monoisotopic (exact) mass is 258 g/mol. The first-order chi connectivity index (χ1) is 9.26. The lowest BCUT2D eigenvalue weighted by Gasteiger charge is -2.30. The van der Waals surface area contributed by atoms with Crippen molar-refractivity contribution in [3.63, 3.8) is 0 Å². The molecule has 2 N–H and O–H groups in total. The van der Waals surface area contributed by atoms with Crippen LogP contribution in [-0.4, -0.2) is 12.5 Å². The van der Waals surface area contributed by atoms with Crippen molar-refractivity contribution >= 4 is 11.6 Å². The zero-order valence-electron chi connectivity index (χ0n) is 11.5. The van der Waals surface area contributed by atoms with Gasteiger partial charge in [-0.2, -0.15) is 0 Å². The molecule has 1 aromatic carbocycles. The fourth-order valence-corrected chi connectivity index (χ4v) is 3.11. The van der Waals surface area contributed by atoms with Crippen molar-refractivity contribution in [3.8, 4) is 0 Å². The molecule has 0 aromatic heterocycles. The smallest absolute Gasteiger partial charge is 0.228 e. The zero-order chi connectivity index (χ0) is 13.2. The Hall–Kier alpha value is -1.35. The predicted molar refractivity (Wildman–Crippen MR) is 77.2 cm³/mol. The molecule has 1 saturated carbocycles. The van der Waals surface area contributed by atoms with Crippen LogP contribution >= 0.6 is 0 Å². The number of hydrogen-bond donors (Lipinski definition) is 2. The fourth-order valence-electron chi connectivity index (χ4n) is 3.11. The van der Waals surface area contributed by atoms with Crippen molar-refractivity contribution in [2.75, 3.05) is 11.9 Å². The molecule has 1 atom stereocenters. The molecule has 2 aliphatic rings. The number of anilines is 1. The van der Waals surface area contributed by atoms with E-state index < -0.39 is 0 Å². The fraction of sp³-hybridized carbons (Fsp3) is 0.562. The van der Waals surface area contributed by atoms with Crippen molar-refractivity contribution in [2.24, 2.45) is 5.92 Å². The lowest BCUT2D eigenvalue weighted by atomic mass is 9.79. The molecule has 1 amide bonds. The highest BCUT2D eigenvalue weighted by Gasteiger charge is 2.24. The van der Waals surface area contributed by atoms with Crippen molar-refractivity contribution in [1.82, 2.24) is 5.32 Å². The van der Waals surface area contributed by atoms with Gasteiger partial charge < -0.3 is 10.6 Å². The molecule has 102 valence electrons. The molecule has 0 radical (unpaired) electrons. The molecule has 19 heavy (non-hydrogen) atoms. The number of rotatable bonds is 5. The summed E-state index contributed by atoms with van der Waals surface area (Å²) in [6.07, 6.45) is 5.92. The first-order valence-electron chi connectivity index (χ1n) is 7.42. The van der Waals surface area contributed by atoms with Crippen LogP contribution in [0.4, 0.5) is 5.69 Å². The molecule has 3 rings (SSSR count). The highest BCUT2D eigenvalue weighted by molar-refractivity contribution is 5.99. The highest BCUT2D eigenvalue weighted by atomic mass is 16.1. The Morgan fingerprint density at radius 1 is 1.42 bits per heavy atom. The second-order valence-corrected chi connectivity index (χ2v) is 5.78. The Kier molecular flexibility index (Phi) is 3.56. The van der Waals surface area contributed by atoms with E-state index in [2.05, 4.69) is 35.8 Å². The molecule has 3 nitrogen and oxygen atoms in total. The first-order valence-corrected chi connectivity index (χ1v) is 7.42. The summed E-state index contributed by atoms with van der Waals surface area (Å²) in [4.78, 5) is 11.4. The van der Waals surface area contributed by atoms with Gasteiger partial charge in [-0.3, -0.25) is 4.79 Å². The number of nitrogens with one attached hydrogen (secondary N) is 2. The van der Waals surface area contributed by atoms with Gasteiger partial charge in [0, 0.05) is 11.7 Å². The molecule has 0 spiro atoms. The predicted octanol–water partition coefficient (Wildman–Crippen LogP) is 3.02. The van der Waals surface area contributed by atoms with Crippen molar-refractivity contribution in [2.45, 2.75) is 45.1 Å². The summed E-state index contributed by atoms with van der Waals surface area (Å²) in [6, 6.07) is 6.87. The van der Waals surface area contributed by atoms with Gasteiger partial charge in [-0.25, -0.2) is 0 Å². The van der Waals surface area contributed by atoms with Crippen LogP contribution in [0.1, 0.15) is 49.8 Å². The van der Waals surface area contributed by atoms with E-state index in [1.54, 1.807) is 0 Å². The van der Waals surface area contributed by atoms with Gasteiger partial charge in [0.2, 0.25) is 5.91 Å². The summed E-state index contributed by atoms with van der Waals surface area (Å²) in [5, 5.41) is 6.49. The largest absolute Gasteiger partial charge is 0.326 e.